The second-order valence-electron chi connectivity index (χ2n) is 9.13. The number of thioether (sulfide) groups is 1. The Kier molecular flexibility index (Phi) is 7.21. The summed E-state index contributed by atoms with van der Waals surface area (Å²) >= 11 is 1.44. The molecule has 1 heterocycles. The van der Waals surface area contributed by atoms with Gasteiger partial charge < -0.3 is 5.32 Å². The Labute approximate surface area is 189 Å². The van der Waals surface area contributed by atoms with Gasteiger partial charge in [-0.2, -0.15) is 0 Å². The number of nitrogens with zero attached hydrogens (tertiary/aromatic N) is 3. The maximum absolute atomic E-state index is 12.4. The predicted octanol–water partition coefficient (Wildman–Crippen LogP) is 5.30. The number of carbonyl (C=O) groups excluding carboxylic acids is 1. The third-order valence-electron chi connectivity index (χ3n) is 4.99. The van der Waals surface area contributed by atoms with Gasteiger partial charge in [-0.1, -0.05) is 87.1 Å². The summed E-state index contributed by atoms with van der Waals surface area (Å²) in [5, 5.41) is 12.4. The van der Waals surface area contributed by atoms with Gasteiger partial charge in [0.1, 0.15) is 0 Å². The molecule has 0 bridgehead atoms. The Morgan fingerprint density at radius 1 is 1.00 bits per heavy atom. The lowest BCUT2D eigenvalue weighted by Gasteiger charge is -2.19. The van der Waals surface area contributed by atoms with E-state index in [0.717, 1.165) is 22.1 Å². The van der Waals surface area contributed by atoms with E-state index < -0.39 is 0 Å². The van der Waals surface area contributed by atoms with Crippen LogP contribution in [0.3, 0.4) is 0 Å². The molecule has 2 aromatic carbocycles. The fourth-order valence-electron chi connectivity index (χ4n) is 3.23. The van der Waals surface area contributed by atoms with E-state index in [1.807, 2.05) is 39.0 Å². The Morgan fingerprint density at radius 3 is 2.23 bits per heavy atom. The maximum atomic E-state index is 12.4. The topological polar surface area (TPSA) is 59.8 Å². The lowest BCUT2D eigenvalue weighted by atomic mass is 9.87. The molecule has 1 aromatic heterocycles. The van der Waals surface area contributed by atoms with Crippen LogP contribution < -0.4 is 5.32 Å². The van der Waals surface area contributed by atoms with Crippen molar-refractivity contribution < 1.29 is 4.79 Å². The summed E-state index contributed by atoms with van der Waals surface area (Å²) in [5.41, 5.74) is 3.55. The van der Waals surface area contributed by atoms with Crippen LogP contribution in [0.2, 0.25) is 0 Å². The Bertz CT molecular complexity index is 1000. The summed E-state index contributed by atoms with van der Waals surface area (Å²) in [5.74, 6) is 0.814. The molecule has 6 heteroatoms. The smallest absolute Gasteiger partial charge is 0.233 e. The van der Waals surface area contributed by atoms with Crippen LogP contribution in [0.1, 0.15) is 52.7 Å². The Morgan fingerprint density at radius 2 is 1.65 bits per heavy atom. The number of carbonyl (C=O) groups is 1. The lowest BCUT2D eigenvalue weighted by molar-refractivity contribution is -0.120. The number of nitrogens with one attached hydrogen (secondary N) is 1. The number of hydrogen-bond donors (Lipinski definition) is 1. The molecule has 164 valence electrons. The van der Waals surface area contributed by atoms with Crippen LogP contribution in [0, 0.1) is 0 Å². The molecule has 31 heavy (non-hydrogen) atoms. The van der Waals surface area contributed by atoms with Crippen LogP contribution in [-0.4, -0.2) is 32.0 Å². The van der Waals surface area contributed by atoms with Crippen LogP contribution in [-0.2, 0) is 16.8 Å². The summed E-state index contributed by atoms with van der Waals surface area (Å²) in [6.45, 7) is 13.1. The molecular formula is C25H32N4OS. The normalized spacial score (nSPS) is 12.7. The van der Waals surface area contributed by atoms with Crippen molar-refractivity contribution in [1.29, 1.82) is 0 Å². The zero-order chi connectivity index (χ0) is 22.6. The van der Waals surface area contributed by atoms with Crippen LogP contribution in [0.5, 0.6) is 0 Å². The molecule has 1 atom stereocenters. The number of benzene rings is 2. The lowest BCUT2D eigenvalue weighted by Crippen LogP contribution is -2.36. The zero-order valence-electron chi connectivity index (χ0n) is 19.2. The highest BCUT2D eigenvalue weighted by molar-refractivity contribution is 8.00. The third kappa shape index (κ3) is 5.97. The first-order valence-electron chi connectivity index (χ1n) is 10.7. The van der Waals surface area contributed by atoms with E-state index in [0.29, 0.717) is 6.54 Å². The monoisotopic (exact) mass is 436 g/mol. The number of amides is 1. The van der Waals surface area contributed by atoms with Gasteiger partial charge in [0.2, 0.25) is 5.91 Å². The van der Waals surface area contributed by atoms with Gasteiger partial charge in [0.25, 0.3) is 0 Å². The molecule has 1 unspecified atom stereocenters. The fraction of sp³-hybridized carbons (Fsp3) is 0.400. The van der Waals surface area contributed by atoms with Crippen LogP contribution in [0.15, 0.2) is 59.8 Å². The van der Waals surface area contributed by atoms with Gasteiger partial charge in [0.05, 0.1) is 11.8 Å². The molecule has 0 fully saturated rings. The van der Waals surface area contributed by atoms with E-state index in [9.17, 15) is 4.79 Å². The van der Waals surface area contributed by atoms with Gasteiger partial charge in [0.15, 0.2) is 11.0 Å². The molecule has 0 aliphatic carbocycles. The zero-order valence-corrected chi connectivity index (χ0v) is 20.0. The van der Waals surface area contributed by atoms with Gasteiger partial charge in [-0.25, -0.2) is 0 Å². The molecule has 3 rings (SSSR count). The second-order valence-corrected chi connectivity index (χ2v) is 10.4. The second kappa shape index (κ2) is 9.69. The molecular weight excluding hydrogens is 404 g/mol. The standard InChI is InChI=1S/C25H32N4OS/c1-17(2)26-23(30)18(3)31-24-28-27-22(29(24)16-19-10-8-7-9-11-19)20-12-14-21(15-13-20)25(4,5)6/h7-15,17-18H,16H2,1-6H3,(H,26,30). The highest BCUT2D eigenvalue weighted by Crippen LogP contribution is 2.30. The van der Waals surface area contributed by atoms with Crippen LogP contribution in [0.25, 0.3) is 11.4 Å². The predicted molar refractivity (Wildman–Crippen MR) is 128 cm³/mol. The van der Waals surface area contributed by atoms with E-state index in [4.69, 9.17) is 0 Å². The molecule has 5 nitrogen and oxygen atoms in total. The molecule has 0 saturated heterocycles. The van der Waals surface area contributed by atoms with Gasteiger partial charge in [-0.15, -0.1) is 10.2 Å². The van der Waals surface area contributed by atoms with E-state index in [-0.39, 0.29) is 22.6 Å². The first-order valence-corrected chi connectivity index (χ1v) is 11.6. The fourth-order valence-corrected chi connectivity index (χ4v) is 4.09. The molecule has 0 aliphatic heterocycles. The molecule has 1 N–H and O–H groups in total. The van der Waals surface area contributed by atoms with E-state index in [2.05, 4.69) is 77.3 Å². The molecule has 3 aromatic rings. The minimum atomic E-state index is -0.266. The maximum Gasteiger partial charge on any atom is 0.233 e. The van der Waals surface area contributed by atoms with Crippen molar-refractivity contribution in [2.45, 2.75) is 70.0 Å². The first-order chi connectivity index (χ1) is 14.6. The number of aromatic nitrogens is 3. The quantitative estimate of drug-likeness (QED) is 0.511. The van der Waals surface area contributed by atoms with Gasteiger partial charge >= 0.3 is 0 Å². The van der Waals surface area contributed by atoms with Gasteiger partial charge in [-0.05, 0) is 37.3 Å². The third-order valence-corrected chi connectivity index (χ3v) is 6.07. The van der Waals surface area contributed by atoms with Crippen molar-refractivity contribution in [2.75, 3.05) is 0 Å². The number of rotatable bonds is 7. The summed E-state index contributed by atoms with van der Waals surface area (Å²) < 4.78 is 2.10. The van der Waals surface area contributed by atoms with Crippen molar-refractivity contribution in [2.24, 2.45) is 0 Å². The summed E-state index contributed by atoms with van der Waals surface area (Å²) in [4.78, 5) is 12.4. The van der Waals surface area contributed by atoms with Crippen molar-refractivity contribution >= 4 is 17.7 Å². The largest absolute Gasteiger partial charge is 0.353 e. The summed E-state index contributed by atoms with van der Waals surface area (Å²) in [7, 11) is 0. The summed E-state index contributed by atoms with van der Waals surface area (Å²) in [6, 6.07) is 18.9. The van der Waals surface area contributed by atoms with Gasteiger partial charge in [-0.3, -0.25) is 9.36 Å². The minimum absolute atomic E-state index is 0.00495. The molecule has 0 saturated carbocycles. The molecule has 0 spiro atoms. The van der Waals surface area contributed by atoms with E-state index >= 15 is 0 Å². The highest BCUT2D eigenvalue weighted by Gasteiger charge is 2.22. The summed E-state index contributed by atoms with van der Waals surface area (Å²) in [6.07, 6.45) is 0. The van der Waals surface area contributed by atoms with Crippen molar-refractivity contribution in [1.82, 2.24) is 20.1 Å². The van der Waals surface area contributed by atoms with E-state index in [1.54, 1.807) is 0 Å². The minimum Gasteiger partial charge on any atom is -0.353 e. The van der Waals surface area contributed by atoms with Gasteiger partial charge in [0, 0.05) is 11.6 Å². The number of hydrogen-bond acceptors (Lipinski definition) is 4. The highest BCUT2D eigenvalue weighted by atomic mass is 32.2. The Balaban J connectivity index is 1.95. The Hall–Kier alpha value is -2.60. The van der Waals surface area contributed by atoms with Crippen LogP contribution >= 0.6 is 11.8 Å². The van der Waals surface area contributed by atoms with E-state index in [1.165, 1.54) is 17.3 Å². The SMILES string of the molecule is CC(C)NC(=O)C(C)Sc1nnc(-c2ccc(C(C)(C)C)cc2)n1Cc1ccccc1. The van der Waals surface area contributed by atoms with Crippen molar-refractivity contribution in [3.05, 3.63) is 65.7 Å². The average Bonchev–Trinajstić information content (AvgIpc) is 3.09. The molecule has 0 radical (unpaired) electrons. The first kappa shape index (κ1) is 23.1. The van der Waals surface area contributed by atoms with Crippen LogP contribution in [0.4, 0.5) is 0 Å². The molecule has 1 amide bonds. The molecule has 0 aliphatic rings. The average molecular weight is 437 g/mol. The van der Waals surface area contributed by atoms with Crippen molar-refractivity contribution in [3.8, 4) is 11.4 Å². The van der Waals surface area contributed by atoms with Crippen molar-refractivity contribution in [3.63, 3.8) is 0 Å².